The monoisotopic (exact) mass is 526 g/mol. The number of unbranched alkanes of at least 4 members (excludes halogenated alkanes) is 3. The van der Waals surface area contributed by atoms with Gasteiger partial charge in [-0.15, -0.1) is 0 Å². The molecule has 202 valence electrons. The summed E-state index contributed by atoms with van der Waals surface area (Å²) in [6, 6.07) is 25.3. The van der Waals surface area contributed by atoms with Gasteiger partial charge in [0.1, 0.15) is 0 Å². The molecule has 0 aromatic heterocycles. The fourth-order valence-corrected chi connectivity index (χ4v) is 4.08. The fraction of sp³-hybridized carbons (Fsp3) is 0.267. The number of rotatable bonds is 11. The molecular formula is C30H34N6O3. The Kier molecular flexibility index (Phi) is 9.66. The largest absolute Gasteiger partial charge is 0.352 e. The second kappa shape index (κ2) is 13.8. The molecule has 1 atom stereocenters. The summed E-state index contributed by atoms with van der Waals surface area (Å²) in [5.41, 5.74) is 5.69. The number of para-hydroxylation sites is 1. The summed E-state index contributed by atoms with van der Waals surface area (Å²) < 4.78 is 0. The lowest BCUT2D eigenvalue weighted by Crippen LogP contribution is -2.51. The molecule has 0 aliphatic carbocycles. The zero-order valence-electron chi connectivity index (χ0n) is 22.0. The van der Waals surface area contributed by atoms with Crippen molar-refractivity contribution in [2.75, 3.05) is 5.01 Å². The third-order valence-electron chi connectivity index (χ3n) is 6.25. The van der Waals surface area contributed by atoms with Gasteiger partial charge in [-0.05, 0) is 48.4 Å². The fourth-order valence-electron chi connectivity index (χ4n) is 4.08. The van der Waals surface area contributed by atoms with Gasteiger partial charge in [0.15, 0.2) is 0 Å². The minimum absolute atomic E-state index is 0.0371. The highest BCUT2D eigenvalue weighted by Gasteiger charge is 2.29. The predicted octanol–water partition coefficient (Wildman–Crippen LogP) is 4.10. The zero-order valence-corrected chi connectivity index (χ0v) is 22.0. The van der Waals surface area contributed by atoms with Gasteiger partial charge in [0.05, 0.1) is 5.69 Å². The first-order valence-electron chi connectivity index (χ1n) is 13.2. The van der Waals surface area contributed by atoms with E-state index in [2.05, 4.69) is 33.3 Å². The molecule has 39 heavy (non-hydrogen) atoms. The van der Waals surface area contributed by atoms with E-state index in [4.69, 9.17) is 0 Å². The van der Waals surface area contributed by atoms with Crippen LogP contribution in [0.2, 0.25) is 0 Å². The van der Waals surface area contributed by atoms with E-state index in [-0.39, 0.29) is 23.7 Å². The summed E-state index contributed by atoms with van der Waals surface area (Å²) in [5, 5.41) is 10.3. The molecule has 0 saturated carbocycles. The molecule has 3 aromatic carbocycles. The number of hydrazine groups is 1. The molecular weight excluding hydrogens is 492 g/mol. The summed E-state index contributed by atoms with van der Waals surface area (Å²) in [6.45, 7) is 2.56. The third-order valence-corrected chi connectivity index (χ3v) is 6.25. The van der Waals surface area contributed by atoms with Gasteiger partial charge in [0.25, 0.3) is 11.8 Å². The van der Waals surface area contributed by atoms with Gasteiger partial charge in [0.2, 0.25) is 18.2 Å². The Bertz CT molecular complexity index is 1280. The molecule has 0 saturated heterocycles. The Morgan fingerprint density at radius 1 is 0.821 bits per heavy atom. The number of aliphatic imine (C=N–C) groups is 1. The van der Waals surface area contributed by atoms with Gasteiger partial charge >= 0.3 is 0 Å². The number of anilines is 1. The Morgan fingerprint density at radius 3 is 2.18 bits per heavy atom. The zero-order chi connectivity index (χ0) is 27.5. The van der Waals surface area contributed by atoms with E-state index in [0.29, 0.717) is 24.1 Å². The molecule has 1 aliphatic heterocycles. The number of nitrogens with zero attached hydrogens (tertiary/aromatic N) is 2. The quantitative estimate of drug-likeness (QED) is 0.281. The lowest BCUT2D eigenvalue weighted by atomic mass is 10.1. The van der Waals surface area contributed by atoms with Crippen molar-refractivity contribution in [1.29, 1.82) is 0 Å². The van der Waals surface area contributed by atoms with E-state index in [0.717, 1.165) is 36.9 Å². The van der Waals surface area contributed by atoms with E-state index >= 15 is 0 Å². The first kappa shape index (κ1) is 27.4. The van der Waals surface area contributed by atoms with Crippen LogP contribution in [-0.4, -0.2) is 30.0 Å². The van der Waals surface area contributed by atoms with Gasteiger partial charge in [-0.3, -0.25) is 25.1 Å². The van der Waals surface area contributed by atoms with E-state index in [9.17, 15) is 14.4 Å². The van der Waals surface area contributed by atoms with E-state index < -0.39 is 6.29 Å². The van der Waals surface area contributed by atoms with Crippen molar-refractivity contribution in [2.24, 2.45) is 4.99 Å². The average Bonchev–Trinajstić information content (AvgIpc) is 3.37. The Labute approximate surface area is 228 Å². The van der Waals surface area contributed by atoms with Crippen molar-refractivity contribution < 1.29 is 14.4 Å². The highest BCUT2D eigenvalue weighted by molar-refractivity contribution is 6.06. The van der Waals surface area contributed by atoms with Crippen molar-refractivity contribution in [3.63, 3.8) is 0 Å². The molecule has 0 bridgehead atoms. The minimum atomic E-state index is -0.775. The summed E-state index contributed by atoms with van der Waals surface area (Å²) in [4.78, 5) is 42.2. The van der Waals surface area contributed by atoms with Crippen LogP contribution >= 0.6 is 0 Å². The highest BCUT2D eigenvalue weighted by atomic mass is 16.2. The molecule has 3 aromatic rings. The van der Waals surface area contributed by atoms with Crippen LogP contribution < -0.4 is 26.4 Å². The molecule has 1 heterocycles. The van der Waals surface area contributed by atoms with Gasteiger partial charge in [-0.2, -0.15) is 0 Å². The van der Waals surface area contributed by atoms with Crippen LogP contribution in [0.25, 0.3) is 0 Å². The second-order valence-electron chi connectivity index (χ2n) is 9.25. The Hall–Kier alpha value is -4.66. The smallest absolute Gasteiger partial charge is 0.257 e. The first-order valence-corrected chi connectivity index (χ1v) is 13.2. The van der Waals surface area contributed by atoms with Crippen molar-refractivity contribution in [3.05, 3.63) is 102 Å². The molecule has 9 nitrogen and oxygen atoms in total. The average molecular weight is 527 g/mol. The van der Waals surface area contributed by atoms with Crippen molar-refractivity contribution in [1.82, 2.24) is 21.4 Å². The van der Waals surface area contributed by atoms with Crippen LogP contribution in [0.15, 0.2) is 89.9 Å². The van der Waals surface area contributed by atoms with Crippen LogP contribution in [0.3, 0.4) is 0 Å². The van der Waals surface area contributed by atoms with Crippen LogP contribution in [0.1, 0.15) is 65.3 Å². The van der Waals surface area contributed by atoms with Crippen LogP contribution in [0.5, 0.6) is 0 Å². The van der Waals surface area contributed by atoms with E-state index in [1.54, 1.807) is 41.4 Å². The van der Waals surface area contributed by atoms with Crippen molar-refractivity contribution in [3.8, 4) is 0 Å². The lowest BCUT2D eigenvalue weighted by molar-refractivity contribution is -0.121. The van der Waals surface area contributed by atoms with E-state index in [1.807, 2.05) is 48.5 Å². The maximum atomic E-state index is 12.9. The number of carbonyl (C=O) groups is 3. The third kappa shape index (κ3) is 7.91. The van der Waals surface area contributed by atoms with Crippen LogP contribution in [0, 0.1) is 0 Å². The molecule has 4 N–H and O–H groups in total. The number of guanidine groups is 1. The summed E-state index contributed by atoms with van der Waals surface area (Å²) in [6.07, 6.45) is 4.01. The maximum Gasteiger partial charge on any atom is 0.257 e. The maximum absolute atomic E-state index is 12.9. The number of hydrogen-bond donors (Lipinski definition) is 4. The highest BCUT2D eigenvalue weighted by Crippen LogP contribution is 2.17. The van der Waals surface area contributed by atoms with Gasteiger partial charge in [-0.1, -0.05) is 74.7 Å². The summed E-state index contributed by atoms with van der Waals surface area (Å²) >= 11 is 0. The molecule has 1 aliphatic rings. The minimum Gasteiger partial charge on any atom is -0.352 e. The Balaban J connectivity index is 1.35. The van der Waals surface area contributed by atoms with E-state index in [1.165, 1.54) is 0 Å². The van der Waals surface area contributed by atoms with Crippen LogP contribution in [-0.2, 0) is 11.3 Å². The molecule has 1 unspecified atom stereocenters. The normalized spacial score (nSPS) is 14.2. The molecule has 4 rings (SSSR count). The van der Waals surface area contributed by atoms with Gasteiger partial charge < -0.3 is 10.6 Å². The molecule has 0 fully saturated rings. The molecule has 3 amide bonds. The van der Waals surface area contributed by atoms with Gasteiger partial charge in [0, 0.05) is 24.1 Å². The topological polar surface area (TPSA) is 115 Å². The second-order valence-corrected chi connectivity index (χ2v) is 9.25. The molecule has 0 radical (unpaired) electrons. The standard InChI is InChI=1S/C30H34N6O3/c1-2-3-4-11-16-26(37)31-21-22-17-19-24(20-18-22)27(38)32-29-34-30(33-28(39)23-12-7-5-8-13-23)36(35-29)25-14-9-6-10-15-25/h5-10,12-15,17-20,30H,2-4,11,16,21H2,1H3,(H,31,37)(H,33,39)(H2,32,34,35,38). The number of nitrogens with one attached hydrogen (secondary N) is 4. The number of benzene rings is 3. The Morgan fingerprint density at radius 2 is 1.49 bits per heavy atom. The number of amides is 3. The summed E-state index contributed by atoms with van der Waals surface area (Å²) in [7, 11) is 0. The molecule has 0 spiro atoms. The lowest BCUT2D eigenvalue weighted by Gasteiger charge is -2.25. The molecule has 9 heteroatoms. The number of carbonyl (C=O) groups excluding carboxylic acids is 3. The predicted molar refractivity (Wildman–Crippen MR) is 152 cm³/mol. The summed E-state index contributed by atoms with van der Waals surface area (Å²) in [5.74, 6) is -0.393. The van der Waals surface area contributed by atoms with Gasteiger partial charge in [-0.25, -0.2) is 10.0 Å². The van der Waals surface area contributed by atoms with Crippen molar-refractivity contribution in [2.45, 2.75) is 51.9 Å². The SMILES string of the molecule is CCCCCCC(=O)NCc1ccc(C(=O)NC2=NC(NC(=O)c3ccccc3)N(c3ccccc3)N2)cc1. The van der Waals surface area contributed by atoms with Crippen molar-refractivity contribution >= 4 is 29.4 Å². The first-order chi connectivity index (χ1) is 19.0. The number of hydrogen-bond acceptors (Lipinski definition) is 6. The van der Waals surface area contributed by atoms with Crippen LogP contribution in [0.4, 0.5) is 5.69 Å².